The second-order valence-corrected chi connectivity index (χ2v) is 5.30. The molecule has 1 aromatic rings. The fraction of sp³-hybridized carbons (Fsp3) is 0.0625. The van der Waals surface area contributed by atoms with Crippen molar-refractivity contribution in [3.8, 4) is 11.8 Å². The van der Waals surface area contributed by atoms with Crippen LogP contribution in [0.15, 0.2) is 54.1 Å². The first kappa shape index (κ1) is 11.4. The van der Waals surface area contributed by atoms with Gasteiger partial charge in [0.1, 0.15) is 0 Å². The van der Waals surface area contributed by atoms with Gasteiger partial charge in [0.2, 0.25) is 0 Å². The van der Waals surface area contributed by atoms with Crippen LogP contribution in [0.1, 0.15) is 0 Å². The number of rotatable bonds is 1. The van der Waals surface area contributed by atoms with E-state index in [2.05, 4.69) is 24.0 Å². The van der Waals surface area contributed by atoms with Crippen LogP contribution in [0.5, 0.6) is 0 Å². The Morgan fingerprint density at radius 1 is 1.12 bits per heavy atom. The molecule has 0 fully saturated rings. The van der Waals surface area contributed by atoms with Gasteiger partial charge in [0, 0.05) is 14.7 Å². The van der Waals surface area contributed by atoms with Crippen molar-refractivity contribution in [2.24, 2.45) is 5.92 Å². The van der Waals surface area contributed by atoms with Gasteiger partial charge in [0.15, 0.2) is 0 Å². The summed E-state index contributed by atoms with van der Waals surface area (Å²) in [7, 11) is -0.0909. The average molecular weight is 230 g/mol. The molecule has 0 aliphatic heterocycles. The van der Waals surface area contributed by atoms with Gasteiger partial charge >= 0.3 is 0 Å². The van der Waals surface area contributed by atoms with Crippen LogP contribution in [0.25, 0.3) is 0 Å². The Hall–Kier alpha value is -2.09. The molecule has 1 aromatic carbocycles. The van der Waals surface area contributed by atoms with Crippen LogP contribution in [0.3, 0.4) is 0 Å². The lowest BCUT2D eigenvalue weighted by Gasteiger charge is -2.15. The summed E-state index contributed by atoms with van der Waals surface area (Å²) in [6.45, 7) is 0. The third-order valence-electron chi connectivity index (χ3n) is 2.62. The molecule has 1 aliphatic carbocycles. The van der Waals surface area contributed by atoms with Crippen molar-refractivity contribution in [3.63, 3.8) is 0 Å². The molecule has 0 spiro atoms. The van der Waals surface area contributed by atoms with Gasteiger partial charge in [0.25, 0.3) is 0 Å². The minimum absolute atomic E-state index is 0.0909. The molecule has 0 aromatic heterocycles. The van der Waals surface area contributed by atoms with Gasteiger partial charge in [-0.25, -0.2) is 0 Å². The normalized spacial score (nSPS) is 20.5. The summed E-state index contributed by atoms with van der Waals surface area (Å²) in [5.41, 5.74) is 0.802. The van der Waals surface area contributed by atoms with E-state index in [-0.39, 0.29) is 15.0 Å². The molecule has 1 heteroatoms. The summed E-state index contributed by atoms with van der Waals surface area (Å²) in [5, 5.41) is 2.36. The summed E-state index contributed by atoms with van der Waals surface area (Å²) in [6.07, 6.45) is 20.3. The Morgan fingerprint density at radius 2 is 1.88 bits per heavy atom. The average Bonchev–Trinajstić information content (AvgIpc) is 2.40. The van der Waals surface area contributed by atoms with Crippen molar-refractivity contribution in [2.75, 3.05) is 0 Å². The van der Waals surface area contributed by atoms with Gasteiger partial charge in [-0.05, 0) is 29.3 Å². The minimum Gasteiger partial charge on any atom is -0.0771 e. The fourth-order valence-electron chi connectivity index (χ4n) is 1.77. The topological polar surface area (TPSA) is 0 Å². The molecule has 78 valence electrons. The predicted molar refractivity (Wildman–Crippen MR) is 73.2 cm³/mol. The first-order valence-corrected chi connectivity index (χ1v) is 6.51. The third kappa shape index (κ3) is 2.53. The molecule has 0 amide bonds. The molecule has 2 radical (unpaired) electrons. The molecule has 0 N–H and O–H groups in total. The van der Waals surface area contributed by atoms with Crippen LogP contribution >= 0.6 is 0 Å². The molecule has 17 heavy (non-hydrogen) atoms. The summed E-state index contributed by atoms with van der Waals surface area (Å²) >= 11 is 0. The van der Waals surface area contributed by atoms with E-state index >= 15 is 0 Å². The highest BCUT2D eigenvalue weighted by Gasteiger charge is 2.14. The largest absolute Gasteiger partial charge is 0.0771 e. The van der Waals surface area contributed by atoms with Gasteiger partial charge in [-0.3, -0.25) is 0 Å². The highest BCUT2D eigenvalue weighted by Crippen LogP contribution is 2.13. The van der Waals surface area contributed by atoms with E-state index in [0.717, 1.165) is 10.7 Å². The van der Waals surface area contributed by atoms with Crippen LogP contribution in [0.2, 0.25) is 0 Å². The maximum atomic E-state index is 7.33. The lowest BCUT2D eigenvalue weighted by Crippen LogP contribution is -2.24. The van der Waals surface area contributed by atoms with Crippen LogP contribution in [0, 0.1) is 30.6 Å². The van der Waals surface area contributed by atoms with Crippen LogP contribution < -0.4 is 5.19 Å². The van der Waals surface area contributed by atoms with E-state index in [4.69, 9.17) is 12.8 Å². The monoisotopic (exact) mass is 230 g/mol. The van der Waals surface area contributed by atoms with Gasteiger partial charge in [-0.15, -0.1) is 0 Å². The molecule has 0 nitrogen and oxygen atoms in total. The van der Waals surface area contributed by atoms with Crippen molar-refractivity contribution in [1.29, 1.82) is 0 Å². The van der Waals surface area contributed by atoms with Crippen molar-refractivity contribution in [1.82, 2.24) is 0 Å². The molecule has 1 atom stereocenters. The Bertz CT molecular complexity index is 574. The Labute approximate surface area is 105 Å². The van der Waals surface area contributed by atoms with Crippen LogP contribution in [0.4, 0.5) is 0 Å². The van der Waals surface area contributed by atoms with Gasteiger partial charge in [-0.1, -0.05) is 54.3 Å². The maximum Gasteiger partial charge on any atom is 0.0616 e. The second kappa shape index (κ2) is 5.30. The second-order valence-electron chi connectivity index (χ2n) is 3.72. The molecule has 1 unspecified atom stereocenters. The van der Waals surface area contributed by atoms with E-state index in [1.807, 2.05) is 36.4 Å². The smallest absolute Gasteiger partial charge is 0.0616 e. The van der Waals surface area contributed by atoms with Crippen molar-refractivity contribution < 1.29 is 0 Å². The molecule has 2 rings (SSSR count). The zero-order chi connectivity index (χ0) is 12.1. The van der Waals surface area contributed by atoms with Crippen molar-refractivity contribution >= 4 is 19.5 Å². The molecule has 0 bridgehead atoms. The molecular formula is C16H10Si. The number of hydrogen-bond acceptors (Lipinski definition) is 0. The van der Waals surface area contributed by atoms with Gasteiger partial charge in [0.05, 0.1) is 5.92 Å². The number of allylic oxidation sites excluding steroid dienone is 4. The number of hydrogen-bond donors (Lipinski definition) is 0. The fourth-order valence-corrected chi connectivity index (χ4v) is 3.24. The highest BCUT2D eigenvalue weighted by molar-refractivity contribution is 6.70. The van der Waals surface area contributed by atoms with Crippen LogP contribution in [-0.2, 0) is 0 Å². The standard InChI is InChI=1S/C16H10Si/c1-3-13-9-8-10-14(4-2)16(13)17-15-11-6-5-7-12-15/h5-13,17H. The summed E-state index contributed by atoms with van der Waals surface area (Å²) in [5.74, 6) is 4.89. The van der Waals surface area contributed by atoms with Crippen molar-refractivity contribution in [2.45, 2.75) is 0 Å². The van der Waals surface area contributed by atoms with Gasteiger partial charge < -0.3 is 0 Å². The summed E-state index contributed by atoms with van der Waals surface area (Å²) < 4.78 is 0. The molecule has 0 saturated heterocycles. The highest BCUT2D eigenvalue weighted by atomic mass is 28.2. The van der Waals surface area contributed by atoms with E-state index in [0.29, 0.717) is 0 Å². The Morgan fingerprint density at radius 3 is 2.53 bits per heavy atom. The maximum absolute atomic E-state index is 7.33. The SMILES string of the molecule is [C]#CC1=CC=CC(C#[C])C1=[SiH]c1ccccc1. The Kier molecular flexibility index (Phi) is 3.55. The Balaban J connectivity index is 2.45. The van der Waals surface area contributed by atoms with E-state index in [1.54, 1.807) is 0 Å². The zero-order valence-electron chi connectivity index (χ0n) is 9.27. The molecule has 1 aliphatic rings. The van der Waals surface area contributed by atoms with E-state index in [1.165, 1.54) is 5.19 Å². The summed E-state index contributed by atoms with van der Waals surface area (Å²) in [4.78, 5) is 0. The molecule has 0 saturated carbocycles. The lowest BCUT2D eigenvalue weighted by atomic mass is 9.95. The molecule has 0 heterocycles. The molecular weight excluding hydrogens is 220 g/mol. The van der Waals surface area contributed by atoms with Crippen LogP contribution in [-0.4, -0.2) is 14.3 Å². The minimum atomic E-state index is -0.0944. The quantitative estimate of drug-likeness (QED) is 0.502. The van der Waals surface area contributed by atoms with Crippen molar-refractivity contribution in [3.05, 3.63) is 67.0 Å². The zero-order valence-corrected chi connectivity index (χ0v) is 10.4. The lowest BCUT2D eigenvalue weighted by molar-refractivity contribution is 1.20. The van der Waals surface area contributed by atoms with E-state index in [9.17, 15) is 0 Å². The third-order valence-corrected chi connectivity index (χ3v) is 4.32. The first-order valence-electron chi connectivity index (χ1n) is 5.35. The first-order chi connectivity index (χ1) is 8.35. The summed E-state index contributed by atoms with van der Waals surface area (Å²) in [6, 6.07) is 10.2. The predicted octanol–water partition coefficient (Wildman–Crippen LogP) is 1.21. The van der Waals surface area contributed by atoms with Gasteiger partial charge in [-0.2, -0.15) is 0 Å². The van der Waals surface area contributed by atoms with E-state index < -0.39 is 0 Å². The number of benzene rings is 1.